The van der Waals surface area contributed by atoms with Crippen molar-refractivity contribution in [2.24, 2.45) is 0 Å². The van der Waals surface area contributed by atoms with Crippen LogP contribution >= 0.6 is 0 Å². The Morgan fingerprint density at radius 3 is 3.00 bits per heavy atom. The second-order valence-corrected chi connectivity index (χ2v) is 4.07. The van der Waals surface area contributed by atoms with Crippen molar-refractivity contribution in [3.8, 4) is 6.07 Å². The van der Waals surface area contributed by atoms with Gasteiger partial charge in [0.1, 0.15) is 0 Å². The van der Waals surface area contributed by atoms with E-state index >= 15 is 0 Å². The Hall–Kier alpha value is -1.82. The van der Waals surface area contributed by atoms with Crippen LogP contribution in [0.25, 0.3) is 0 Å². The SMILES string of the molecule is N#CC(=O)NCCc1ccc2c(c1)CCC2. The molecule has 1 aliphatic carbocycles. The Bertz CT molecular complexity index is 446. The van der Waals surface area contributed by atoms with Crippen molar-refractivity contribution in [1.82, 2.24) is 5.32 Å². The molecule has 0 fully saturated rings. The maximum absolute atomic E-state index is 10.7. The first-order valence-corrected chi connectivity index (χ1v) is 5.58. The van der Waals surface area contributed by atoms with Gasteiger partial charge in [-0.15, -0.1) is 0 Å². The molecule has 16 heavy (non-hydrogen) atoms. The van der Waals surface area contributed by atoms with E-state index in [4.69, 9.17) is 5.26 Å². The molecule has 0 heterocycles. The Morgan fingerprint density at radius 1 is 1.38 bits per heavy atom. The topological polar surface area (TPSA) is 52.9 Å². The van der Waals surface area contributed by atoms with E-state index in [1.165, 1.54) is 36.0 Å². The molecule has 0 aromatic heterocycles. The van der Waals surface area contributed by atoms with Crippen molar-refractivity contribution in [3.05, 3.63) is 34.9 Å². The number of hydrogen-bond donors (Lipinski definition) is 1. The average molecular weight is 214 g/mol. The molecule has 0 saturated carbocycles. The Balaban J connectivity index is 1.91. The number of nitriles is 1. The van der Waals surface area contributed by atoms with E-state index in [9.17, 15) is 4.79 Å². The third-order valence-electron chi connectivity index (χ3n) is 2.96. The molecule has 0 aliphatic heterocycles. The molecular formula is C13H14N2O. The minimum atomic E-state index is -0.554. The number of nitrogens with zero attached hydrogens (tertiary/aromatic N) is 1. The van der Waals surface area contributed by atoms with Crippen LogP contribution in [0.4, 0.5) is 0 Å². The minimum Gasteiger partial charge on any atom is -0.343 e. The van der Waals surface area contributed by atoms with E-state index in [-0.39, 0.29) is 0 Å². The van der Waals surface area contributed by atoms with Crippen LogP contribution in [0, 0.1) is 11.3 Å². The Labute approximate surface area is 95.1 Å². The van der Waals surface area contributed by atoms with Crippen molar-refractivity contribution in [3.63, 3.8) is 0 Å². The van der Waals surface area contributed by atoms with E-state index in [2.05, 4.69) is 23.5 Å². The van der Waals surface area contributed by atoms with Gasteiger partial charge in [-0.1, -0.05) is 18.2 Å². The molecule has 0 spiro atoms. The number of carbonyl (C=O) groups excluding carboxylic acids is 1. The lowest BCUT2D eigenvalue weighted by Gasteiger charge is -2.04. The molecule has 3 nitrogen and oxygen atoms in total. The van der Waals surface area contributed by atoms with E-state index in [1.807, 2.05) is 0 Å². The summed E-state index contributed by atoms with van der Waals surface area (Å²) in [6, 6.07) is 8.06. The van der Waals surface area contributed by atoms with Gasteiger partial charge in [-0.3, -0.25) is 4.79 Å². The van der Waals surface area contributed by atoms with Crippen LogP contribution in [0.15, 0.2) is 18.2 Å². The lowest BCUT2D eigenvalue weighted by molar-refractivity contribution is -0.115. The van der Waals surface area contributed by atoms with E-state index < -0.39 is 5.91 Å². The first-order chi connectivity index (χ1) is 7.79. The number of hydrogen-bond acceptors (Lipinski definition) is 2. The van der Waals surface area contributed by atoms with Crippen molar-refractivity contribution in [2.75, 3.05) is 6.54 Å². The lowest BCUT2D eigenvalue weighted by Crippen LogP contribution is -2.23. The molecule has 0 radical (unpaired) electrons. The second-order valence-electron chi connectivity index (χ2n) is 4.07. The molecule has 0 unspecified atom stereocenters. The molecule has 0 saturated heterocycles. The van der Waals surface area contributed by atoms with Crippen LogP contribution < -0.4 is 5.32 Å². The number of benzene rings is 1. The Kier molecular flexibility index (Phi) is 3.21. The zero-order valence-electron chi connectivity index (χ0n) is 9.12. The molecule has 3 heteroatoms. The van der Waals surface area contributed by atoms with Crippen LogP contribution in [0.2, 0.25) is 0 Å². The molecule has 0 atom stereocenters. The van der Waals surface area contributed by atoms with Crippen LogP contribution in [-0.2, 0) is 24.1 Å². The second kappa shape index (κ2) is 4.80. The van der Waals surface area contributed by atoms with Gasteiger partial charge in [-0.25, -0.2) is 0 Å². The van der Waals surface area contributed by atoms with Gasteiger partial charge < -0.3 is 5.32 Å². The smallest absolute Gasteiger partial charge is 0.322 e. The van der Waals surface area contributed by atoms with Gasteiger partial charge in [-0.05, 0) is 42.4 Å². The highest BCUT2D eigenvalue weighted by Gasteiger charge is 2.10. The lowest BCUT2D eigenvalue weighted by atomic mass is 10.0. The summed E-state index contributed by atoms with van der Waals surface area (Å²) < 4.78 is 0. The van der Waals surface area contributed by atoms with Crippen molar-refractivity contribution < 1.29 is 4.79 Å². The number of amides is 1. The van der Waals surface area contributed by atoms with Gasteiger partial charge in [0.2, 0.25) is 0 Å². The summed E-state index contributed by atoms with van der Waals surface area (Å²) in [6.07, 6.45) is 4.42. The number of fused-ring (bicyclic) bond motifs is 1. The normalized spacial score (nSPS) is 12.9. The van der Waals surface area contributed by atoms with Crippen LogP contribution in [-0.4, -0.2) is 12.5 Å². The molecule has 82 valence electrons. The molecular weight excluding hydrogens is 200 g/mol. The first kappa shape index (κ1) is 10.7. The number of rotatable bonds is 3. The summed E-state index contributed by atoms with van der Waals surface area (Å²) in [7, 11) is 0. The quantitative estimate of drug-likeness (QED) is 0.772. The van der Waals surface area contributed by atoms with Crippen molar-refractivity contribution in [2.45, 2.75) is 25.7 Å². The standard InChI is InChI=1S/C13H14N2O/c14-9-13(16)15-7-6-10-4-5-11-2-1-3-12(11)8-10/h4-5,8H,1-3,6-7H2,(H,15,16). The largest absolute Gasteiger partial charge is 0.343 e. The zero-order chi connectivity index (χ0) is 11.4. The first-order valence-electron chi connectivity index (χ1n) is 5.58. The third-order valence-corrected chi connectivity index (χ3v) is 2.96. The fourth-order valence-electron chi connectivity index (χ4n) is 2.14. The van der Waals surface area contributed by atoms with Gasteiger partial charge in [0.25, 0.3) is 0 Å². The Morgan fingerprint density at radius 2 is 2.19 bits per heavy atom. The summed E-state index contributed by atoms with van der Waals surface area (Å²) in [4.78, 5) is 10.7. The highest BCUT2D eigenvalue weighted by molar-refractivity contribution is 5.91. The zero-order valence-corrected chi connectivity index (χ0v) is 9.12. The van der Waals surface area contributed by atoms with Crippen LogP contribution in [0.3, 0.4) is 0 Å². The van der Waals surface area contributed by atoms with Crippen LogP contribution in [0.1, 0.15) is 23.1 Å². The molecule has 1 aromatic carbocycles. The summed E-state index contributed by atoms with van der Waals surface area (Å²) in [5.74, 6) is -0.554. The number of aryl methyl sites for hydroxylation is 2. The average Bonchev–Trinajstić information content (AvgIpc) is 2.76. The van der Waals surface area contributed by atoms with Crippen LogP contribution in [0.5, 0.6) is 0 Å². The number of carbonyl (C=O) groups is 1. The summed E-state index contributed by atoms with van der Waals surface area (Å²) in [5.41, 5.74) is 4.15. The molecule has 0 bridgehead atoms. The van der Waals surface area contributed by atoms with E-state index in [1.54, 1.807) is 6.07 Å². The summed E-state index contributed by atoms with van der Waals surface area (Å²) in [6.45, 7) is 0.533. The monoisotopic (exact) mass is 214 g/mol. The third kappa shape index (κ3) is 2.40. The molecule has 1 aliphatic rings. The van der Waals surface area contributed by atoms with Gasteiger partial charge >= 0.3 is 5.91 Å². The molecule has 1 amide bonds. The van der Waals surface area contributed by atoms with Crippen molar-refractivity contribution >= 4 is 5.91 Å². The minimum absolute atomic E-state index is 0.533. The van der Waals surface area contributed by atoms with Gasteiger partial charge in [0.15, 0.2) is 6.07 Å². The van der Waals surface area contributed by atoms with Gasteiger partial charge in [0, 0.05) is 6.54 Å². The van der Waals surface area contributed by atoms with Crippen molar-refractivity contribution in [1.29, 1.82) is 5.26 Å². The predicted octanol–water partition coefficient (Wildman–Crippen LogP) is 1.36. The number of nitrogens with one attached hydrogen (secondary N) is 1. The highest BCUT2D eigenvalue weighted by atomic mass is 16.1. The van der Waals surface area contributed by atoms with Gasteiger partial charge in [0.05, 0.1) is 0 Å². The predicted molar refractivity (Wildman–Crippen MR) is 60.8 cm³/mol. The van der Waals surface area contributed by atoms with Gasteiger partial charge in [-0.2, -0.15) is 5.26 Å². The summed E-state index contributed by atoms with van der Waals surface area (Å²) in [5, 5.41) is 10.8. The molecule has 1 aromatic rings. The fraction of sp³-hybridized carbons (Fsp3) is 0.385. The van der Waals surface area contributed by atoms with E-state index in [0.717, 1.165) is 6.42 Å². The highest BCUT2D eigenvalue weighted by Crippen LogP contribution is 2.22. The molecule has 2 rings (SSSR count). The summed E-state index contributed by atoms with van der Waals surface area (Å²) >= 11 is 0. The maximum atomic E-state index is 10.7. The maximum Gasteiger partial charge on any atom is 0.322 e. The van der Waals surface area contributed by atoms with E-state index in [0.29, 0.717) is 6.54 Å². The fourth-order valence-corrected chi connectivity index (χ4v) is 2.14. The molecule has 1 N–H and O–H groups in total.